The highest BCUT2D eigenvalue weighted by atomic mass is 32.1. The van der Waals surface area contributed by atoms with Crippen molar-refractivity contribution >= 4 is 39.4 Å². The van der Waals surface area contributed by atoms with Crippen LogP contribution < -0.4 is 9.47 Å². The van der Waals surface area contributed by atoms with Crippen LogP contribution >= 0.6 is 11.3 Å². The highest BCUT2D eigenvalue weighted by Crippen LogP contribution is 2.22. The number of anilines is 1. The average molecular weight is 360 g/mol. The number of fused-ring (bicyclic) bond motifs is 1. The molecule has 0 aliphatic rings. The van der Waals surface area contributed by atoms with E-state index in [-0.39, 0.29) is 0 Å². The molecular weight excluding hydrogens is 336 g/mol. The molecule has 130 valence electrons. The number of nitrogens with zero attached hydrogens (tertiary/aromatic N) is 2. The van der Waals surface area contributed by atoms with Gasteiger partial charge in [0.05, 0.1) is 0 Å². The van der Waals surface area contributed by atoms with Gasteiger partial charge in [-0.1, -0.05) is 53.3 Å². The molecule has 0 bridgehead atoms. The first-order chi connectivity index (χ1) is 12.6. The smallest absolute Gasteiger partial charge is 0.263 e. The van der Waals surface area contributed by atoms with Crippen LogP contribution in [0.1, 0.15) is 17.5 Å². The summed E-state index contributed by atoms with van der Waals surface area (Å²) in [4.78, 5) is 2.10. The van der Waals surface area contributed by atoms with Gasteiger partial charge in [-0.3, -0.25) is 0 Å². The number of hydrogen-bond acceptors (Lipinski definition) is 2. The zero-order valence-corrected chi connectivity index (χ0v) is 16.3. The lowest BCUT2D eigenvalue weighted by Crippen LogP contribution is -2.34. The maximum absolute atomic E-state index is 5.57. The number of aromatic nitrogens is 1. The van der Waals surface area contributed by atoms with Gasteiger partial charge in [-0.05, 0) is 36.6 Å². The number of thiazole rings is 1. The van der Waals surface area contributed by atoms with Gasteiger partial charge in [0.15, 0.2) is 0 Å². The lowest BCUT2D eigenvalue weighted by atomic mass is 10.1. The second-order valence-corrected chi connectivity index (χ2v) is 7.47. The molecule has 0 atom stereocenters. The van der Waals surface area contributed by atoms with Crippen LogP contribution in [0.4, 0.5) is 5.69 Å². The third kappa shape index (κ3) is 4.04. The Bertz CT molecular complexity index is 999. The summed E-state index contributed by atoms with van der Waals surface area (Å²) in [6.45, 7) is 2.70. The third-order valence-electron chi connectivity index (χ3n) is 4.18. The van der Waals surface area contributed by atoms with E-state index in [9.17, 15) is 0 Å². The van der Waals surface area contributed by atoms with Gasteiger partial charge in [0.1, 0.15) is 4.70 Å². The SMILES string of the molecule is C#CC[n+]1c(/C=C/C(C)=C/c2ccc(N(C)C)cc2)sc2ccccc21. The van der Waals surface area contributed by atoms with Crippen molar-refractivity contribution in [2.45, 2.75) is 13.5 Å². The fraction of sp³-hybridized carbons (Fsp3) is 0.174. The molecule has 3 heteroatoms. The van der Waals surface area contributed by atoms with Gasteiger partial charge < -0.3 is 4.90 Å². The molecule has 0 aliphatic heterocycles. The monoisotopic (exact) mass is 359 g/mol. The fourth-order valence-electron chi connectivity index (χ4n) is 2.81. The Labute approximate surface area is 159 Å². The molecule has 26 heavy (non-hydrogen) atoms. The van der Waals surface area contributed by atoms with Crippen LogP contribution in [-0.2, 0) is 6.54 Å². The van der Waals surface area contributed by atoms with Gasteiger partial charge in [0, 0.05) is 31.9 Å². The van der Waals surface area contributed by atoms with E-state index in [0.717, 1.165) is 0 Å². The molecule has 0 unspecified atom stereocenters. The molecule has 0 amide bonds. The minimum absolute atomic E-state index is 0.582. The van der Waals surface area contributed by atoms with Crippen molar-refractivity contribution in [2.75, 3.05) is 19.0 Å². The van der Waals surface area contributed by atoms with Crippen LogP contribution in [0.25, 0.3) is 22.4 Å². The Hall–Kier alpha value is -2.83. The predicted octanol–water partition coefficient (Wildman–Crippen LogP) is 5.00. The molecule has 2 aromatic carbocycles. The minimum Gasteiger partial charge on any atom is -0.378 e. The Kier molecular flexibility index (Phi) is 5.55. The summed E-state index contributed by atoms with van der Waals surface area (Å²) in [5, 5.41) is 1.17. The Morgan fingerprint density at radius 2 is 1.88 bits per heavy atom. The van der Waals surface area contributed by atoms with Gasteiger partial charge in [0.2, 0.25) is 12.1 Å². The number of benzene rings is 2. The summed E-state index contributed by atoms with van der Waals surface area (Å²) in [7, 11) is 4.10. The first-order valence-corrected chi connectivity index (χ1v) is 9.39. The molecule has 0 N–H and O–H groups in total. The Morgan fingerprint density at radius 1 is 1.15 bits per heavy atom. The molecule has 3 rings (SSSR count). The second kappa shape index (κ2) is 8.03. The second-order valence-electron chi connectivity index (χ2n) is 6.41. The molecule has 0 aliphatic carbocycles. The van der Waals surface area contributed by atoms with Crippen molar-refractivity contribution in [3.63, 3.8) is 0 Å². The normalized spacial score (nSPS) is 11.8. The predicted molar refractivity (Wildman–Crippen MR) is 114 cm³/mol. The first kappa shape index (κ1) is 18.0. The molecule has 1 heterocycles. The molecular formula is C23H23N2S+. The molecule has 1 aromatic heterocycles. The molecule has 0 saturated heterocycles. The van der Waals surface area contributed by atoms with E-state index in [0.29, 0.717) is 6.54 Å². The maximum Gasteiger partial charge on any atom is 0.263 e. The van der Waals surface area contributed by atoms with Crippen molar-refractivity contribution < 1.29 is 4.57 Å². The van der Waals surface area contributed by atoms with Crippen LogP contribution in [0.2, 0.25) is 0 Å². The van der Waals surface area contributed by atoms with Crippen molar-refractivity contribution in [3.05, 3.63) is 70.8 Å². The average Bonchev–Trinajstić information content (AvgIpc) is 2.99. The summed E-state index contributed by atoms with van der Waals surface area (Å²) in [5.74, 6) is 2.76. The highest BCUT2D eigenvalue weighted by molar-refractivity contribution is 7.18. The third-order valence-corrected chi connectivity index (χ3v) is 5.31. The van der Waals surface area contributed by atoms with Gasteiger partial charge in [-0.2, -0.15) is 4.57 Å². The zero-order chi connectivity index (χ0) is 18.5. The summed E-state index contributed by atoms with van der Waals surface area (Å²) in [6, 6.07) is 16.9. The van der Waals surface area contributed by atoms with Crippen LogP contribution in [0.3, 0.4) is 0 Å². The van der Waals surface area contributed by atoms with Crippen LogP contribution in [0.5, 0.6) is 0 Å². The first-order valence-electron chi connectivity index (χ1n) is 8.57. The maximum atomic E-state index is 5.57. The van der Waals surface area contributed by atoms with Crippen LogP contribution in [-0.4, -0.2) is 14.1 Å². The van der Waals surface area contributed by atoms with Crippen LogP contribution in [0, 0.1) is 12.3 Å². The van der Waals surface area contributed by atoms with E-state index in [1.807, 2.05) is 0 Å². The van der Waals surface area contributed by atoms with Gasteiger partial charge in [-0.25, -0.2) is 0 Å². The van der Waals surface area contributed by atoms with Crippen molar-refractivity contribution in [3.8, 4) is 12.3 Å². The number of allylic oxidation sites excluding steroid dienone is 2. The molecule has 3 aromatic rings. The zero-order valence-electron chi connectivity index (χ0n) is 15.4. The molecule has 0 radical (unpaired) electrons. The highest BCUT2D eigenvalue weighted by Gasteiger charge is 2.16. The largest absolute Gasteiger partial charge is 0.378 e. The van der Waals surface area contributed by atoms with E-state index in [2.05, 4.69) is 103 Å². The van der Waals surface area contributed by atoms with E-state index in [1.165, 1.54) is 32.0 Å². The number of hydrogen-bond donors (Lipinski definition) is 0. The van der Waals surface area contributed by atoms with Gasteiger partial charge >= 0.3 is 0 Å². The van der Waals surface area contributed by atoms with E-state index in [4.69, 9.17) is 6.42 Å². The molecule has 0 saturated carbocycles. The Morgan fingerprint density at radius 3 is 2.58 bits per heavy atom. The minimum atomic E-state index is 0.582. The van der Waals surface area contributed by atoms with E-state index >= 15 is 0 Å². The number of rotatable bonds is 5. The van der Waals surface area contributed by atoms with Gasteiger partial charge in [0.25, 0.3) is 5.01 Å². The topological polar surface area (TPSA) is 7.12 Å². The summed E-state index contributed by atoms with van der Waals surface area (Å²) in [5.41, 5.74) is 4.80. The van der Waals surface area contributed by atoms with Crippen molar-refractivity contribution in [1.29, 1.82) is 0 Å². The van der Waals surface area contributed by atoms with Crippen molar-refractivity contribution in [2.24, 2.45) is 0 Å². The van der Waals surface area contributed by atoms with Gasteiger partial charge in [-0.15, -0.1) is 6.42 Å². The lowest BCUT2D eigenvalue weighted by Gasteiger charge is -2.11. The van der Waals surface area contributed by atoms with Crippen molar-refractivity contribution in [1.82, 2.24) is 0 Å². The van der Waals surface area contributed by atoms with E-state index in [1.54, 1.807) is 11.3 Å². The quantitative estimate of drug-likeness (QED) is 0.353. The molecule has 0 spiro atoms. The molecule has 2 nitrogen and oxygen atoms in total. The number of terminal acetylenes is 1. The fourth-order valence-corrected chi connectivity index (χ4v) is 3.88. The summed E-state index contributed by atoms with van der Waals surface area (Å²) >= 11 is 1.77. The number of para-hydroxylation sites is 1. The molecule has 0 fully saturated rings. The van der Waals surface area contributed by atoms with Crippen LogP contribution in [0.15, 0.2) is 60.2 Å². The summed E-state index contributed by atoms with van der Waals surface area (Å²) < 4.78 is 3.44. The van der Waals surface area contributed by atoms with E-state index < -0.39 is 0 Å². The summed E-state index contributed by atoms with van der Waals surface area (Å²) in [6.07, 6.45) is 12.1. The standard InChI is InChI=1S/C23H23N2S/c1-5-16-25-21-8-6-7-9-22(21)26-23(25)15-10-18(2)17-19-11-13-20(14-12-19)24(3)4/h1,6-15,17H,16H2,2-4H3/q+1. The Balaban J connectivity index is 1.86. The lowest BCUT2D eigenvalue weighted by molar-refractivity contribution is -0.656.